The van der Waals surface area contributed by atoms with Gasteiger partial charge in [0.25, 0.3) is 0 Å². The van der Waals surface area contributed by atoms with Crippen LogP contribution in [0.25, 0.3) is 11.0 Å². The summed E-state index contributed by atoms with van der Waals surface area (Å²) in [7, 11) is 0. The number of ether oxygens (including phenoxy) is 2. The maximum atomic E-state index is 12.8. The Balaban J connectivity index is 1.48. The Bertz CT molecular complexity index is 1200. The van der Waals surface area contributed by atoms with Gasteiger partial charge in [-0.15, -0.1) is 0 Å². The van der Waals surface area contributed by atoms with Crippen LogP contribution in [-0.4, -0.2) is 32.6 Å². The molecule has 0 amide bonds. The summed E-state index contributed by atoms with van der Waals surface area (Å²) in [5.74, 6) is 1.18. The second kappa shape index (κ2) is 8.38. The fraction of sp³-hybridized carbons (Fsp3) is 0.227. The van der Waals surface area contributed by atoms with E-state index in [9.17, 15) is 9.90 Å². The molecule has 0 aliphatic carbocycles. The number of aliphatic hydroxyl groups excluding tert-OH is 1. The summed E-state index contributed by atoms with van der Waals surface area (Å²) in [6.45, 7) is 4.26. The molecule has 4 rings (SSSR count). The lowest BCUT2D eigenvalue weighted by atomic mass is 10.1. The summed E-state index contributed by atoms with van der Waals surface area (Å²) < 4.78 is 18.5. The second-order valence-electron chi connectivity index (χ2n) is 7.09. The van der Waals surface area contributed by atoms with Gasteiger partial charge in [0.1, 0.15) is 48.7 Å². The molecule has 1 N–H and O–H groups in total. The maximum Gasteiger partial charge on any atom is 0.235 e. The molecule has 2 heterocycles. The van der Waals surface area contributed by atoms with Gasteiger partial charge in [-0.1, -0.05) is 6.07 Å². The van der Waals surface area contributed by atoms with Crippen LogP contribution in [0, 0.1) is 13.8 Å². The van der Waals surface area contributed by atoms with Crippen LogP contribution in [0.5, 0.6) is 17.2 Å². The molecule has 2 aromatic carbocycles. The average Bonchev–Trinajstić information content (AvgIpc) is 3.21. The number of hydrogen-bond acceptors (Lipinski definition) is 7. The first-order valence-electron chi connectivity index (χ1n) is 9.43. The SMILES string of the molecule is Cc1cc(C)cc(Oc2coc3cc(OCC(O)Cn4cncn4)ccc3c2=O)c1. The minimum absolute atomic E-state index is 0.0590. The van der Waals surface area contributed by atoms with E-state index in [-0.39, 0.29) is 24.3 Å². The van der Waals surface area contributed by atoms with Gasteiger partial charge in [0.05, 0.1) is 11.9 Å². The molecule has 1 unspecified atom stereocenters. The third kappa shape index (κ3) is 4.49. The minimum Gasteiger partial charge on any atom is -0.491 e. The van der Waals surface area contributed by atoms with Gasteiger partial charge in [-0.2, -0.15) is 5.10 Å². The summed E-state index contributed by atoms with van der Waals surface area (Å²) in [5.41, 5.74) is 2.19. The van der Waals surface area contributed by atoms with Crippen molar-refractivity contribution >= 4 is 11.0 Å². The molecule has 0 bridgehead atoms. The third-order valence-corrected chi connectivity index (χ3v) is 4.44. The van der Waals surface area contributed by atoms with E-state index in [0.29, 0.717) is 22.5 Å². The minimum atomic E-state index is -0.761. The molecule has 0 spiro atoms. The van der Waals surface area contributed by atoms with Crippen molar-refractivity contribution in [2.24, 2.45) is 0 Å². The molecular weight excluding hydrogens is 386 g/mol. The Morgan fingerprint density at radius 2 is 1.93 bits per heavy atom. The molecule has 0 saturated carbocycles. The number of aryl methyl sites for hydroxylation is 2. The lowest BCUT2D eigenvalue weighted by Crippen LogP contribution is -2.23. The number of nitrogens with zero attached hydrogens (tertiary/aromatic N) is 3. The summed E-state index contributed by atoms with van der Waals surface area (Å²) in [4.78, 5) is 16.6. The smallest absolute Gasteiger partial charge is 0.235 e. The van der Waals surface area contributed by atoms with Crippen LogP contribution in [0.15, 0.2) is 64.5 Å². The predicted octanol–water partition coefficient (Wildman–Crippen LogP) is 3.23. The maximum absolute atomic E-state index is 12.8. The number of hydrogen-bond donors (Lipinski definition) is 1. The van der Waals surface area contributed by atoms with Gasteiger partial charge in [0, 0.05) is 6.07 Å². The van der Waals surface area contributed by atoms with Gasteiger partial charge in [0.2, 0.25) is 11.2 Å². The van der Waals surface area contributed by atoms with Gasteiger partial charge in [-0.3, -0.25) is 9.48 Å². The molecule has 4 aromatic rings. The van der Waals surface area contributed by atoms with E-state index >= 15 is 0 Å². The topological polar surface area (TPSA) is 99.6 Å². The molecule has 1 atom stereocenters. The van der Waals surface area contributed by atoms with Crippen LogP contribution in [0.3, 0.4) is 0 Å². The summed E-state index contributed by atoms with van der Waals surface area (Å²) in [5, 5.41) is 14.4. The van der Waals surface area contributed by atoms with Crippen molar-refractivity contribution in [2.45, 2.75) is 26.5 Å². The molecule has 2 aromatic heterocycles. The van der Waals surface area contributed by atoms with Crippen LogP contribution in [0.4, 0.5) is 0 Å². The van der Waals surface area contributed by atoms with E-state index in [0.717, 1.165) is 11.1 Å². The van der Waals surface area contributed by atoms with Crippen molar-refractivity contribution in [1.82, 2.24) is 14.8 Å². The fourth-order valence-electron chi connectivity index (χ4n) is 3.16. The number of rotatable bonds is 7. The van der Waals surface area contributed by atoms with E-state index in [2.05, 4.69) is 10.1 Å². The highest BCUT2D eigenvalue weighted by Gasteiger charge is 2.12. The molecule has 0 aliphatic rings. The highest BCUT2D eigenvalue weighted by molar-refractivity contribution is 5.79. The van der Waals surface area contributed by atoms with Gasteiger partial charge in [-0.25, -0.2) is 4.98 Å². The zero-order valence-corrected chi connectivity index (χ0v) is 16.6. The first-order valence-corrected chi connectivity index (χ1v) is 9.43. The summed E-state index contributed by atoms with van der Waals surface area (Å²) in [6.07, 6.45) is 3.46. The first kappa shape index (κ1) is 19.7. The normalized spacial score (nSPS) is 12.1. The highest BCUT2D eigenvalue weighted by atomic mass is 16.5. The summed E-state index contributed by atoms with van der Waals surface area (Å²) >= 11 is 0. The van der Waals surface area contributed by atoms with Crippen LogP contribution < -0.4 is 14.9 Å². The monoisotopic (exact) mass is 407 g/mol. The Kier molecular flexibility index (Phi) is 5.49. The van der Waals surface area contributed by atoms with Crippen molar-refractivity contribution < 1.29 is 19.0 Å². The van der Waals surface area contributed by atoms with Crippen LogP contribution in [0.1, 0.15) is 11.1 Å². The molecule has 0 radical (unpaired) electrons. The number of benzene rings is 2. The van der Waals surface area contributed by atoms with Crippen LogP contribution in [0.2, 0.25) is 0 Å². The average molecular weight is 407 g/mol. The molecule has 30 heavy (non-hydrogen) atoms. The zero-order valence-electron chi connectivity index (χ0n) is 16.6. The molecule has 0 fully saturated rings. The number of fused-ring (bicyclic) bond motifs is 1. The fourth-order valence-corrected chi connectivity index (χ4v) is 3.16. The van der Waals surface area contributed by atoms with Crippen LogP contribution in [-0.2, 0) is 6.54 Å². The third-order valence-electron chi connectivity index (χ3n) is 4.44. The zero-order chi connectivity index (χ0) is 21.1. The summed E-state index contributed by atoms with van der Waals surface area (Å²) in [6, 6.07) is 10.6. The molecular formula is C22H21N3O5. The molecule has 8 heteroatoms. The van der Waals surface area contributed by atoms with E-state index < -0.39 is 6.10 Å². The van der Waals surface area contributed by atoms with E-state index in [1.807, 2.05) is 32.0 Å². The van der Waals surface area contributed by atoms with E-state index in [1.165, 1.54) is 23.6 Å². The lowest BCUT2D eigenvalue weighted by Gasteiger charge is -2.12. The largest absolute Gasteiger partial charge is 0.491 e. The predicted molar refractivity (Wildman–Crippen MR) is 110 cm³/mol. The van der Waals surface area contributed by atoms with Gasteiger partial charge >= 0.3 is 0 Å². The van der Waals surface area contributed by atoms with Crippen molar-refractivity contribution in [3.05, 3.63) is 76.7 Å². The second-order valence-corrected chi connectivity index (χ2v) is 7.09. The quantitative estimate of drug-likeness (QED) is 0.502. The first-order chi connectivity index (χ1) is 14.5. The van der Waals surface area contributed by atoms with Crippen molar-refractivity contribution in [1.29, 1.82) is 0 Å². The number of aromatic nitrogens is 3. The Hall–Kier alpha value is -3.65. The highest BCUT2D eigenvalue weighted by Crippen LogP contribution is 2.25. The Morgan fingerprint density at radius 3 is 2.67 bits per heavy atom. The van der Waals surface area contributed by atoms with Gasteiger partial charge in [0.15, 0.2) is 0 Å². The molecule has 0 saturated heterocycles. The lowest BCUT2D eigenvalue weighted by molar-refractivity contribution is 0.0893. The molecule has 8 nitrogen and oxygen atoms in total. The van der Waals surface area contributed by atoms with Crippen LogP contribution >= 0.6 is 0 Å². The standard InChI is InChI=1S/C22H21N3O5/c1-14-5-15(2)7-18(6-14)30-21-11-29-20-8-17(3-4-19(20)22(21)27)28-10-16(26)9-25-13-23-12-24-25/h3-8,11-13,16,26H,9-10H2,1-2H3. The van der Waals surface area contributed by atoms with Gasteiger partial charge in [-0.05, 0) is 49.2 Å². The number of aliphatic hydroxyl groups is 1. The van der Waals surface area contributed by atoms with Crippen molar-refractivity contribution in [3.8, 4) is 17.2 Å². The Morgan fingerprint density at radius 1 is 1.13 bits per heavy atom. The van der Waals surface area contributed by atoms with Crippen molar-refractivity contribution in [3.63, 3.8) is 0 Å². The molecule has 154 valence electrons. The van der Waals surface area contributed by atoms with E-state index in [1.54, 1.807) is 18.2 Å². The van der Waals surface area contributed by atoms with Gasteiger partial charge < -0.3 is 19.0 Å². The van der Waals surface area contributed by atoms with E-state index in [4.69, 9.17) is 13.9 Å². The molecule has 0 aliphatic heterocycles. The Labute approximate surface area is 172 Å². The van der Waals surface area contributed by atoms with Crippen molar-refractivity contribution in [2.75, 3.05) is 6.61 Å².